The van der Waals surface area contributed by atoms with Gasteiger partial charge in [-0.05, 0) is 89.1 Å². The van der Waals surface area contributed by atoms with Crippen LogP contribution < -0.4 is 10.1 Å². The number of nitriles is 1. The first kappa shape index (κ1) is 31.0. The molecule has 0 aliphatic carbocycles. The molecule has 0 amide bonds. The number of rotatable bonds is 11. The van der Waals surface area contributed by atoms with E-state index in [1.165, 1.54) is 18.4 Å². The molecule has 0 spiro atoms. The van der Waals surface area contributed by atoms with E-state index < -0.39 is 0 Å². The zero-order valence-electron chi connectivity index (χ0n) is 22.8. The summed E-state index contributed by atoms with van der Waals surface area (Å²) in [4.78, 5) is 11.9. The van der Waals surface area contributed by atoms with Gasteiger partial charge in [-0.3, -0.25) is 0 Å². The van der Waals surface area contributed by atoms with Gasteiger partial charge < -0.3 is 14.8 Å². The number of aldehydes is 1. The van der Waals surface area contributed by atoms with Gasteiger partial charge in [-0.25, -0.2) is 4.31 Å². The average molecular weight is 500 g/mol. The Balaban J connectivity index is 0.000000351. The molecule has 0 saturated carbocycles. The molecule has 0 atom stereocenters. The lowest BCUT2D eigenvalue weighted by Crippen LogP contribution is -2.38. The summed E-state index contributed by atoms with van der Waals surface area (Å²) in [7, 11) is 2.03. The van der Waals surface area contributed by atoms with Crippen LogP contribution in [0.2, 0.25) is 0 Å². The highest BCUT2D eigenvalue weighted by molar-refractivity contribution is 8.01. The van der Waals surface area contributed by atoms with Crippen molar-refractivity contribution in [2.24, 2.45) is 5.41 Å². The lowest BCUT2D eigenvalue weighted by molar-refractivity contribution is -0.115. The Labute approximate surface area is 218 Å². The van der Waals surface area contributed by atoms with Crippen LogP contribution in [0.4, 0.5) is 0 Å². The molecule has 1 aliphatic rings. The molecule has 0 unspecified atom stereocenters. The summed E-state index contributed by atoms with van der Waals surface area (Å²) >= 11 is 1.74. The number of ether oxygens (including phenoxy) is 1. The highest BCUT2D eigenvalue weighted by Gasteiger charge is 2.19. The summed E-state index contributed by atoms with van der Waals surface area (Å²) in [5, 5.41) is 12.5. The van der Waals surface area contributed by atoms with Gasteiger partial charge in [0.05, 0.1) is 12.7 Å². The Morgan fingerprint density at radius 1 is 1.31 bits per heavy atom. The van der Waals surface area contributed by atoms with E-state index in [-0.39, 0.29) is 5.41 Å². The van der Waals surface area contributed by atoms with E-state index in [1.807, 2.05) is 47.7 Å². The van der Waals surface area contributed by atoms with Crippen molar-refractivity contribution in [3.63, 3.8) is 0 Å². The molecule has 1 aromatic carbocycles. The van der Waals surface area contributed by atoms with Crippen LogP contribution in [0, 0.1) is 30.6 Å². The molecule has 1 aromatic rings. The summed E-state index contributed by atoms with van der Waals surface area (Å²) in [5.74, 6) is 0.953. The van der Waals surface area contributed by atoms with Crippen LogP contribution in [0.15, 0.2) is 40.8 Å². The maximum absolute atomic E-state index is 10.7. The van der Waals surface area contributed by atoms with E-state index in [0.29, 0.717) is 12.6 Å². The number of allylic oxidation sites excluding steroid dienone is 3. The zero-order valence-corrected chi connectivity index (χ0v) is 23.6. The van der Waals surface area contributed by atoms with Crippen molar-refractivity contribution >= 4 is 18.2 Å². The van der Waals surface area contributed by atoms with E-state index >= 15 is 0 Å². The Morgan fingerprint density at radius 2 is 2.00 bits per heavy atom. The number of carbonyl (C=O) groups is 1. The molecule has 35 heavy (non-hydrogen) atoms. The maximum Gasteiger partial charge on any atom is 0.125 e. The molecule has 6 heteroatoms. The number of nitrogens with zero attached hydrogens (tertiary/aromatic N) is 2. The fourth-order valence-corrected chi connectivity index (χ4v) is 4.82. The summed E-state index contributed by atoms with van der Waals surface area (Å²) in [6.07, 6.45) is 10.0. The van der Waals surface area contributed by atoms with Gasteiger partial charge in [0.25, 0.3) is 0 Å². The minimum atomic E-state index is -0.231. The lowest BCUT2D eigenvalue weighted by Gasteiger charge is -2.31. The Hall–Kier alpha value is -2.07. The third-order valence-electron chi connectivity index (χ3n) is 6.08. The molecule has 1 N–H and O–H groups in total. The van der Waals surface area contributed by atoms with Crippen LogP contribution >= 0.6 is 11.9 Å². The number of hydrogen-bond acceptors (Lipinski definition) is 6. The summed E-state index contributed by atoms with van der Waals surface area (Å²) in [5.41, 5.74) is 3.02. The average Bonchev–Trinajstić information content (AvgIpc) is 2.85. The summed E-state index contributed by atoms with van der Waals surface area (Å²) in [6, 6.07) is 9.17. The van der Waals surface area contributed by atoms with Crippen molar-refractivity contribution < 1.29 is 9.53 Å². The third-order valence-corrected chi connectivity index (χ3v) is 7.28. The first-order valence-corrected chi connectivity index (χ1v) is 13.5. The van der Waals surface area contributed by atoms with Crippen LogP contribution in [0.3, 0.4) is 0 Å². The highest BCUT2D eigenvalue weighted by Crippen LogP contribution is 2.29. The molecule has 0 aromatic heterocycles. The fourth-order valence-electron chi connectivity index (χ4n) is 3.65. The van der Waals surface area contributed by atoms with Gasteiger partial charge in [0.1, 0.15) is 12.0 Å². The monoisotopic (exact) mass is 499 g/mol. The zero-order chi connectivity index (χ0) is 26.3. The van der Waals surface area contributed by atoms with E-state index in [2.05, 4.69) is 46.9 Å². The van der Waals surface area contributed by atoms with Crippen molar-refractivity contribution in [2.75, 3.05) is 26.7 Å². The molecular formula is C29H45N3O2S. The second-order valence-corrected chi connectivity index (χ2v) is 10.9. The summed E-state index contributed by atoms with van der Waals surface area (Å²) < 4.78 is 8.11. The summed E-state index contributed by atoms with van der Waals surface area (Å²) in [6.45, 7) is 14.9. The molecule has 194 valence electrons. The maximum atomic E-state index is 10.7. The van der Waals surface area contributed by atoms with Crippen molar-refractivity contribution in [1.82, 2.24) is 9.62 Å². The Morgan fingerprint density at radius 3 is 2.54 bits per heavy atom. The first-order chi connectivity index (χ1) is 16.7. The van der Waals surface area contributed by atoms with Crippen LogP contribution in [0.1, 0.15) is 70.9 Å². The molecule has 5 nitrogen and oxygen atoms in total. The molecular weight excluding hydrogens is 454 g/mol. The topological polar surface area (TPSA) is 65.4 Å². The number of hydrogen-bond donors (Lipinski definition) is 1. The first-order valence-electron chi connectivity index (χ1n) is 12.7. The van der Waals surface area contributed by atoms with Gasteiger partial charge in [0, 0.05) is 35.0 Å². The largest absolute Gasteiger partial charge is 0.493 e. The standard InChI is InChI=1S/C15H22O2.C14H23N3S/c1-12-6-7-13(2)14(10-12)17-9-5-8-15(3,4)11-16;1-4-6-14(12(5-2)11-15)18-17-9-7-13(16-3)8-10-17/h6-7,10-11H,5,8-9H2,1-4H3;4,6,13,16H,5,7-10H2,1-3H3/b;6-4-,14-12-. The number of carbonyl (C=O) groups excluding carboxylic acids is 1. The molecule has 1 aliphatic heterocycles. The van der Waals surface area contributed by atoms with E-state index in [1.54, 1.807) is 11.9 Å². The van der Waals surface area contributed by atoms with Crippen LogP contribution in [0.5, 0.6) is 5.75 Å². The molecule has 1 saturated heterocycles. The Kier molecular flexibility index (Phi) is 14.7. The predicted molar refractivity (Wildman–Crippen MR) is 149 cm³/mol. The molecule has 2 rings (SSSR count). The molecule has 1 heterocycles. The third kappa shape index (κ3) is 11.9. The minimum absolute atomic E-state index is 0.231. The van der Waals surface area contributed by atoms with Crippen molar-refractivity contribution in [3.8, 4) is 11.8 Å². The smallest absolute Gasteiger partial charge is 0.125 e. The second-order valence-electron chi connectivity index (χ2n) is 9.72. The lowest BCUT2D eigenvalue weighted by atomic mass is 9.90. The van der Waals surface area contributed by atoms with Gasteiger partial charge in [0.15, 0.2) is 0 Å². The van der Waals surface area contributed by atoms with Crippen LogP contribution in [0.25, 0.3) is 0 Å². The minimum Gasteiger partial charge on any atom is -0.493 e. The van der Waals surface area contributed by atoms with Gasteiger partial charge in [0.2, 0.25) is 0 Å². The number of nitrogens with one attached hydrogen (secondary N) is 1. The van der Waals surface area contributed by atoms with Crippen molar-refractivity contribution in [3.05, 3.63) is 52.0 Å². The SMILES string of the molecule is C/C=C\C(SN1CCC(NC)CC1)=C(\C#N)CC.Cc1ccc(C)c(OCCCC(C)(C)C=O)c1. The highest BCUT2D eigenvalue weighted by atomic mass is 32.2. The number of benzene rings is 1. The van der Waals surface area contributed by atoms with E-state index in [0.717, 1.165) is 60.4 Å². The van der Waals surface area contributed by atoms with E-state index in [4.69, 9.17) is 10.00 Å². The van der Waals surface area contributed by atoms with E-state index in [9.17, 15) is 4.79 Å². The quantitative estimate of drug-likeness (QED) is 0.119. The number of aryl methyl sites for hydroxylation is 2. The van der Waals surface area contributed by atoms with Crippen molar-refractivity contribution in [1.29, 1.82) is 5.26 Å². The molecule has 0 bridgehead atoms. The fraction of sp³-hybridized carbons (Fsp3) is 0.586. The second kappa shape index (κ2) is 16.6. The van der Waals surface area contributed by atoms with Gasteiger partial charge in [-0.15, -0.1) is 0 Å². The molecule has 1 fully saturated rings. The van der Waals surface area contributed by atoms with Crippen LogP contribution in [-0.2, 0) is 4.79 Å². The van der Waals surface area contributed by atoms with Gasteiger partial charge in [-0.1, -0.05) is 45.1 Å². The van der Waals surface area contributed by atoms with Crippen molar-refractivity contribution in [2.45, 2.75) is 79.7 Å². The normalized spacial score (nSPS) is 15.7. The van der Waals surface area contributed by atoms with Gasteiger partial charge >= 0.3 is 0 Å². The van der Waals surface area contributed by atoms with Crippen LogP contribution in [-0.4, -0.2) is 43.4 Å². The Bertz CT molecular complexity index is 878. The number of piperidine rings is 1. The van der Waals surface area contributed by atoms with Gasteiger partial charge in [-0.2, -0.15) is 5.26 Å². The molecule has 0 radical (unpaired) electrons. The predicted octanol–water partition coefficient (Wildman–Crippen LogP) is 6.77.